The number of hydrogen-bond donors (Lipinski definition) is 2. The van der Waals surface area contributed by atoms with E-state index in [-0.39, 0.29) is 5.82 Å². The first-order valence-electron chi connectivity index (χ1n) is 7.30. The van der Waals surface area contributed by atoms with Crippen molar-refractivity contribution in [1.82, 2.24) is 9.97 Å². The molecule has 0 unspecified atom stereocenters. The second-order valence-corrected chi connectivity index (χ2v) is 5.06. The van der Waals surface area contributed by atoms with E-state index in [0.29, 0.717) is 36.1 Å². The molecular weight excluding hydrogens is 295 g/mol. The minimum atomic E-state index is -0.234. The smallest absolute Gasteiger partial charge is 0.132 e. The van der Waals surface area contributed by atoms with Crippen LogP contribution >= 0.6 is 0 Å². The van der Waals surface area contributed by atoms with Crippen molar-refractivity contribution in [3.8, 4) is 0 Å². The number of benzene rings is 1. The summed E-state index contributed by atoms with van der Waals surface area (Å²) in [5.41, 5.74) is 0.592. The Morgan fingerprint density at radius 3 is 2.43 bits per heavy atom. The molecule has 3 aromatic rings. The summed E-state index contributed by atoms with van der Waals surface area (Å²) in [5, 5.41) is 6.30. The average Bonchev–Trinajstić information content (AvgIpc) is 3.05. The number of nitrogens with zero attached hydrogens (tertiary/aromatic N) is 2. The first kappa shape index (κ1) is 15.0. The Kier molecular flexibility index (Phi) is 4.52. The van der Waals surface area contributed by atoms with Crippen molar-refractivity contribution in [3.63, 3.8) is 0 Å². The van der Waals surface area contributed by atoms with Crippen LogP contribution in [0.4, 0.5) is 16.0 Å². The predicted molar refractivity (Wildman–Crippen MR) is 86.5 cm³/mol. The van der Waals surface area contributed by atoms with E-state index in [0.717, 1.165) is 5.76 Å². The highest BCUT2D eigenvalue weighted by atomic mass is 19.1. The van der Waals surface area contributed by atoms with Crippen LogP contribution in [0.5, 0.6) is 0 Å². The first-order chi connectivity index (χ1) is 11.2. The van der Waals surface area contributed by atoms with Crippen molar-refractivity contribution in [1.29, 1.82) is 0 Å². The third-order valence-electron chi connectivity index (χ3n) is 3.28. The van der Waals surface area contributed by atoms with E-state index >= 15 is 0 Å². The van der Waals surface area contributed by atoms with Crippen molar-refractivity contribution < 1.29 is 8.81 Å². The molecule has 3 rings (SSSR count). The van der Waals surface area contributed by atoms with Crippen LogP contribution in [0.15, 0.2) is 53.1 Å². The van der Waals surface area contributed by atoms with Gasteiger partial charge in [-0.15, -0.1) is 0 Å². The maximum atomic E-state index is 13.6. The number of halogens is 1. The zero-order valence-electron chi connectivity index (χ0n) is 12.7. The predicted octanol–water partition coefficient (Wildman–Crippen LogP) is 3.74. The maximum Gasteiger partial charge on any atom is 0.132 e. The van der Waals surface area contributed by atoms with Gasteiger partial charge >= 0.3 is 0 Å². The van der Waals surface area contributed by atoms with E-state index in [9.17, 15) is 4.39 Å². The van der Waals surface area contributed by atoms with Gasteiger partial charge in [0.2, 0.25) is 0 Å². The molecule has 0 fully saturated rings. The normalized spacial score (nSPS) is 10.5. The molecule has 2 N–H and O–H groups in total. The number of aromatic nitrogens is 2. The van der Waals surface area contributed by atoms with E-state index in [1.54, 1.807) is 24.5 Å². The van der Waals surface area contributed by atoms with Gasteiger partial charge in [-0.25, -0.2) is 14.4 Å². The summed E-state index contributed by atoms with van der Waals surface area (Å²) in [6.07, 6.45) is 1.63. The molecule has 0 saturated carbocycles. The lowest BCUT2D eigenvalue weighted by molar-refractivity contribution is 0.518. The first-order valence-corrected chi connectivity index (χ1v) is 7.30. The van der Waals surface area contributed by atoms with Gasteiger partial charge in [-0.3, -0.25) is 0 Å². The van der Waals surface area contributed by atoms with Crippen LogP contribution in [0.25, 0.3) is 0 Å². The van der Waals surface area contributed by atoms with Crippen LogP contribution in [0.1, 0.15) is 17.1 Å². The Balaban J connectivity index is 1.66. The topological polar surface area (TPSA) is 63.0 Å². The second kappa shape index (κ2) is 6.91. The van der Waals surface area contributed by atoms with Crippen LogP contribution in [-0.4, -0.2) is 9.97 Å². The zero-order valence-corrected chi connectivity index (χ0v) is 12.7. The van der Waals surface area contributed by atoms with Gasteiger partial charge in [-0.1, -0.05) is 18.2 Å². The Morgan fingerprint density at radius 1 is 1.00 bits per heavy atom. The highest BCUT2D eigenvalue weighted by Gasteiger charge is 2.05. The van der Waals surface area contributed by atoms with Crippen molar-refractivity contribution in [3.05, 3.63) is 71.7 Å². The molecule has 0 amide bonds. The third kappa shape index (κ3) is 4.06. The van der Waals surface area contributed by atoms with E-state index in [1.165, 1.54) is 6.07 Å². The van der Waals surface area contributed by atoms with E-state index in [4.69, 9.17) is 4.42 Å². The molecule has 0 bridgehead atoms. The fourth-order valence-electron chi connectivity index (χ4n) is 2.17. The van der Waals surface area contributed by atoms with Crippen molar-refractivity contribution >= 4 is 11.6 Å². The average molecular weight is 312 g/mol. The third-order valence-corrected chi connectivity index (χ3v) is 3.28. The molecule has 2 aromatic heterocycles. The molecule has 0 saturated heterocycles. The molecule has 0 aliphatic rings. The minimum Gasteiger partial charge on any atom is -0.467 e. The fourth-order valence-corrected chi connectivity index (χ4v) is 2.17. The van der Waals surface area contributed by atoms with Gasteiger partial charge in [0.1, 0.15) is 29.0 Å². The Morgan fingerprint density at radius 2 is 1.74 bits per heavy atom. The molecule has 0 radical (unpaired) electrons. The second-order valence-electron chi connectivity index (χ2n) is 5.06. The molecule has 23 heavy (non-hydrogen) atoms. The Labute approximate surface area is 133 Å². The number of anilines is 2. The Bertz CT molecular complexity index is 774. The number of nitrogens with one attached hydrogen (secondary N) is 2. The molecule has 0 atom stereocenters. The SMILES string of the molecule is Cc1nc(NCc2ccco2)cc(NCc2ccccc2F)n1. The molecule has 0 aliphatic heterocycles. The number of aryl methyl sites for hydroxylation is 1. The summed E-state index contributed by atoms with van der Waals surface area (Å²) < 4.78 is 18.9. The molecular formula is C17H17FN4O. The van der Waals surface area contributed by atoms with Gasteiger partial charge in [0, 0.05) is 18.2 Å². The van der Waals surface area contributed by atoms with Crippen molar-refractivity contribution in [2.45, 2.75) is 20.0 Å². The number of furan rings is 1. The lowest BCUT2D eigenvalue weighted by Crippen LogP contribution is -2.07. The van der Waals surface area contributed by atoms with Crippen LogP contribution in [-0.2, 0) is 13.1 Å². The van der Waals surface area contributed by atoms with Gasteiger partial charge in [-0.2, -0.15) is 0 Å². The van der Waals surface area contributed by atoms with E-state index in [1.807, 2.05) is 25.1 Å². The largest absolute Gasteiger partial charge is 0.467 e. The highest BCUT2D eigenvalue weighted by molar-refractivity contribution is 5.48. The molecule has 118 valence electrons. The molecule has 1 aromatic carbocycles. The Hall–Kier alpha value is -2.89. The van der Waals surface area contributed by atoms with Crippen LogP contribution in [0.2, 0.25) is 0 Å². The summed E-state index contributed by atoms with van der Waals surface area (Å²) >= 11 is 0. The summed E-state index contributed by atoms with van der Waals surface area (Å²) in [6, 6.07) is 12.2. The van der Waals surface area contributed by atoms with Gasteiger partial charge in [0.25, 0.3) is 0 Å². The van der Waals surface area contributed by atoms with Crippen LogP contribution in [0.3, 0.4) is 0 Å². The zero-order chi connectivity index (χ0) is 16.1. The van der Waals surface area contributed by atoms with Gasteiger partial charge in [-0.05, 0) is 25.1 Å². The van der Waals surface area contributed by atoms with E-state index in [2.05, 4.69) is 20.6 Å². The fraction of sp³-hybridized carbons (Fsp3) is 0.176. The lowest BCUT2D eigenvalue weighted by atomic mass is 10.2. The summed E-state index contributed by atoms with van der Waals surface area (Å²) in [6.45, 7) is 2.71. The standard InChI is InChI=1S/C17H17FN4O/c1-12-21-16(19-10-13-5-2-3-7-15(13)18)9-17(22-12)20-11-14-6-4-8-23-14/h2-9H,10-11H2,1H3,(H2,19,20,21,22). The molecule has 0 spiro atoms. The minimum absolute atomic E-state index is 0.234. The van der Waals surface area contributed by atoms with Gasteiger partial charge in [0.05, 0.1) is 12.8 Å². The van der Waals surface area contributed by atoms with E-state index < -0.39 is 0 Å². The summed E-state index contributed by atoms with van der Waals surface area (Å²) in [4.78, 5) is 8.64. The monoisotopic (exact) mass is 312 g/mol. The summed E-state index contributed by atoms with van der Waals surface area (Å²) in [7, 11) is 0. The van der Waals surface area contributed by atoms with Gasteiger partial charge in [0.15, 0.2) is 0 Å². The van der Waals surface area contributed by atoms with Crippen LogP contribution < -0.4 is 10.6 Å². The summed E-state index contributed by atoms with van der Waals surface area (Å²) in [5.74, 6) is 2.54. The number of rotatable bonds is 6. The lowest BCUT2D eigenvalue weighted by Gasteiger charge is -2.10. The van der Waals surface area contributed by atoms with Crippen molar-refractivity contribution in [2.24, 2.45) is 0 Å². The highest BCUT2D eigenvalue weighted by Crippen LogP contribution is 2.15. The quantitative estimate of drug-likeness (QED) is 0.726. The van der Waals surface area contributed by atoms with Gasteiger partial charge < -0.3 is 15.1 Å². The molecule has 2 heterocycles. The van der Waals surface area contributed by atoms with Crippen molar-refractivity contribution in [2.75, 3.05) is 10.6 Å². The molecule has 6 heteroatoms. The maximum absolute atomic E-state index is 13.6. The molecule has 5 nitrogen and oxygen atoms in total. The van der Waals surface area contributed by atoms with Crippen LogP contribution in [0, 0.1) is 12.7 Å². The number of hydrogen-bond acceptors (Lipinski definition) is 5. The molecule has 0 aliphatic carbocycles.